The van der Waals surface area contributed by atoms with E-state index in [1.807, 2.05) is 20.8 Å². The first kappa shape index (κ1) is 40.4. The number of hydrogen-bond acceptors (Lipinski definition) is 8. The van der Waals surface area contributed by atoms with E-state index >= 15 is 0 Å². The van der Waals surface area contributed by atoms with Gasteiger partial charge in [-0.15, -0.1) is 11.3 Å². The van der Waals surface area contributed by atoms with Gasteiger partial charge in [0.1, 0.15) is 11.7 Å². The second kappa shape index (κ2) is 16.7. The van der Waals surface area contributed by atoms with E-state index in [9.17, 15) is 36.3 Å². The SMILES string of the molecule is COC(=O)N[C@H](C(=O)N[C@H](c1ccc([C@@H](CO)N(CCC(C)(C)C)S(=O)(=O)c2ccn3ccnc3c2)s1)C(F)(F)F)C(c1ccccc1)c1ccccc1. The zero-order valence-corrected chi connectivity index (χ0v) is 31.7. The summed E-state index contributed by atoms with van der Waals surface area (Å²) < 4.78 is 80.7. The molecule has 3 N–H and O–H groups in total. The third-order valence-electron chi connectivity index (χ3n) is 8.85. The van der Waals surface area contributed by atoms with Crippen molar-refractivity contribution in [3.05, 3.63) is 124 Å². The number of carbonyl (C=O) groups excluding carboxylic acids is 2. The number of aliphatic hydroxyl groups is 1. The van der Waals surface area contributed by atoms with Crippen molar-refractivity contribution < 1.29 is 41.0 Å². The highest BCUT2D eigenvalue weighted by molar-refractivity contribution is 7.89. The minimum atomic E-state index is -5.02. The van der Waals surface area contributed by atoms with Crippen molar-refractivity contribution in [2.24, 2.45) is 5.41 Å². The number of pyridine rings is 1. The van der Waals surface area contributed by atoms with Crippen molar-refractivity contribution in [2.75, 3.05) is 20.3 Å². The summed E-state index contributed by atoms with van der Waals surface area (Å²) >= 11 is 0.621. The Kier molecular flexibility index (Phi) is 12.5. The van der Waals surface area contributed by atoms with Gasteiger partial charge < -0.3 is 24.9 Å². The lowest BCUT2D eigenvalue weighted by Crippen LogP contribution is -2.52. The maximum atomic E-state index is 14.9. The molecule has 3 atom stereocenters. The number of alkyl halides is 3. The second-order valence-electron chi connectivity index (χ2n) is 13.8. The van der Waals surface area contributed by atoms with Crippen LogP contribution in [-0.2, 0) is 19.6 Å². The molecule has 5 aromatic rings. The van der Waals surface area contributed by atoms with Gasteiger partial charge in [-0.25, -0.2) is 18.2 Å². The summed E-state index contributed by atoms with van der Waals surface area (Å²) in [7, 11) is -3.24. The zero-order chi connectivity index (χ0) is 39.3. The number of carbonyl (C=O) groups is 2. The molecule has 2 aromatic carbocycles. The third kappa shape index (κ3) is 9.47. The zero-order valence-electron chi connectivity index (χ0n) is 30.0. The number of halogens is 3. The number of methoxy groups -OCH3 is 1. The first-order valence-corrected chi connectivity index (χ1v) is 19.3. The van der Waals surface area contributed by atoms with E-state index in [1.54, 1.807) is 71.3 Å². The van der Waals surface area contributed by atoms with Crippen molar-refractivity contribution in [1.29, 1.82) is 0 Å². The normalized spacial score (nSPS) is 14.2. The van der Waals surface area contributed by atoms with Crippen LogP contribution in [0, 0.1) is 5.41 Å². The van der Waals surface area contributed by atoms with Crippen molar-refractivity contribution in [1.82, 2.24) is 24.3 Å². The van der Waals surface area contributed by atoms with E-state index in [1.165, 1.54) is 30.6 Å². The van der Waals surface area contributed by atoms with Gasteiger partial charge in [0.15, 0.2) is 6.04 Å². The smallest absolute Gasteiger partial charge is 0.413 e. The van der Waals surface area contributed by atoms with Crippen molar-refractivity contribution in [3.8, 4) is 0 Å². The molecule has 2 amide bonds. The van der Waals surface area contributed by atoms with E-state index in [-0.39, 0.29) is 26.6 Å². The Labute approximate surface area is 315 Å². The first-order chi connectivity index (χ1) is 25.5. The highest BCUT2D eigenvalue weighted by Crippen LogP contribution is 2.41. The van der Waals surface area contributed by atoms with E-state index in [4.69, 9.17) is 4.74 Å². The summed E-state index contributed by atoms with van der Waals surface area (Å²) in [5, 5.41) is 15.2. The molecule has 3 aromatic heterocycles. The molecule has 0 aliphatic carbocycles. The fraction of sp³-hybridized carbons (Fsp3) is 0.342. The molecular weight excluding hydrogens is 744 g/mol. The lowest BCUT2D eigenvalue weighted by atomic mass is 9.84. The van der Waals surface area contributed by atoms with Gasteiger partial charge in [-0.2, -0.15) is 17.5 Å². The average Bonchev–Trinajstić information content (AvgIpc) is 3.81. The van der Waals surface area contributed by atoms with Gasteiger partial charge in [0, 0.05) is 46.9 Å². The lowest BCUT2D eigenvalue weighted by molar-refractivity contribution is -0.163. The Balaban J connectivity index is 1.52. The van der Waals surface area contributed by atoms with Gasteiger partial charge in [0.2, 0.25) is 15.9 Å². The Bertz CT molecular complexity index is 2100. The molecule has 288 valence electrons. The topological polar surface area (TPSA) is 142 Å². The molecule has 0 bridgehead atoms. The molecule has 0 radical (unpaired) electrons. The molecule has 0 fully saturated rings. The van der Waals surface area contributed by atoms with Gasteiger partial charge in [-0.3, -0.25) is 4.79 Å². The number of sulfonamides is 1. The Hall–Kier alpha value is -4.77. The number of hydrogen-bond donors (Lipinski definition) is 3. The van der Waals surface area contributed by atoms with Gasteiger partial charge in [0.05, 0.1) is 24.7 Å². The fourth-order valence-corrected chi connectivity index (χ4v) is 8.90. The number of imidazole rings is 1. The molecule has 0 saturated carbocycles. The molecule has 0 aliphatic heterocycles. The van der Waals surface area contributed by atoms with Crippen molar-refractivity contribution >= 4 is 39.0 Å². The lowest BCUT2D eigenvalue weighted by Gasteiger charge is -2.32. The molecule has 0 unspecified atom stereocenters. The number of aromatic nitrogens is 2. The number of thiophene rings is 1. The monoisotopic (exact) mass is 785 g/mol. The predicted molar refractivity (Wildman–Crippen MR) is 198 cm³/mol. The maximum Gasteiger partial charge on any atom is 0.413 e. The van der Waals surface area contributed by atoms with Crippen LogP contribution >= 0.6 is 11.3 Å². The minimum Gasteiger partial charge on any atom is -0.453 e. The summed E-state index contributed by atoms with van der Waals surface area (Å²) in [5.41, 5.74) is 1.14. The van der Waals surface area contributed by atoms with Crippen LogP contribution in [0.4, 0.5) is 18.0 Å². The Morgan fingerprint density at radius 2 is 1.54 bits per heavy atom. The third-order valence-corrected chi connectivity index (χ3v) is 12.0. The number of benzene rings is 2. The van der Waals surface area contributed by atoms with Gasteiger partial charge in [-0.05, 0) is 41.2 Å². The predicted octanol–water partition coefficient (Wildman–Crippen LogP) is 6.83. The number of aliphatic hydroxyl groups excluding tert-OH is 1. The standard InChI is InChI=1S/C38H42F3N5O6S2/c1-37(2,3)18-21-46(54(50,51)27-17-20-45-22-19-42-31(45)23-27)28(24-47)29-15-16-30(53-29)34(38(39,40)41)44-35(48)33(43-36(49)52-4)32(25-11-7-5-8-12-25)26-13-9-6-10-14-26/h5-17,19-20,22-23,28,32-34,47H,18,21,24H2,1-4H3,(H,43,49)(H,44,48)/t28-,33+,34-/m1/s1. The first-order valence-electron chi connectivity index (χ1n) is 17.0. The molecule has 54 heavy (non-hydrogen) atoms. The molecule has 11 nitrogen and oxygen atoms in total. The number of nitrogens with zero attached hydrogens (tertiary/aromatic N) is 3. The summed E-state index contributed by atoms with van der Waals surface area (Å²) in [5.74, 6) is -2.06. The summed E-state index contributed by atoms with van der Waals surface area (Å²) in [4.78, 5) is 30.5. The molecule has 16 heteroatoms. The second-order valence-corrected chi connectivity index (χ2v) is 16.9. The molecule has 0 aliphatic rings. The molecule has 3 heterocycles. The summed E-state index contributed by atoms with van der Waals surface area (Å²) in [6.45, 7) is 4.98. The van der Waals surface area contributed by atoms with Crippen LogP contribution in [0.1, 0.15) is 66.1 Å². The van der Waals surface area contributed by atoms with E-state index in [0.29, 0.717) is 34.5 Å². The van der Waals surface area contributed by atoms with E-state index < -0.39 is 58.9 Å². The summed E-state index contributed by atoms with van der Waals surface area (Å²) in [6, 6.07) is 17.0. The van der Waals surface area contributed by atoms with Crippen molar-refractivity contribution in [3.63, 3.8) is 0 Å². The number of nitrogens with one attached hydrogen (secondary N) is 2. The van der Waals surface area contributed by atoms with Crippen LogP contribution in [-0.4, -0.2) is 71.7 Å². The quantitative estimate of drug-likeness (QED) is 0.112. The number of ether oxygens (including phenoxy) is 1. The van der Waals surface area contributed by atoms with Crippen LogP contribution in [0.5, 0.6) is 0 Å². The number of fused-ring (bicyclic) bond motifs is 1. The number of rotatable bonds is 14. The van der Waals surface area contributed by atoms with Crippen LogP contribution in [0.25, 0.3) is 5.65 Å². The Morgan fingerprint density at radius 3 is 2.09 bits per heavy atom. The van der Waals surface area contributed by atoms with Crippen LogP contribution in [0.15, 0.2) is 108 Å². The summed E-state index contributed by atoms with van der Waals surface area (Å²) in [6.07, 6.45) is -0.975. The van der Waals surface area contributed by atoms with Crippen LogP contribution in [0.2, 0.25) is 0 Å². The van der Waals surface area contributed by atoms with Crippen LogP contribution in [0.3, 0.4) is 0 Å². The van der Waals surface area contributed by atoms with E-state index in [2.05, 4.69) is 15.6 Å². The highest BCUT2D eigenvalue weighted by Gasteiger charge is 2.46. The van der Waals surface area contributed by atoms with Crippen LogP contribution < -0.4 is 10.6 Å². The maximum absolute atomic E-state index is 14.9. The fourth-order valence-electron chi connectivity index (χ4n) is 6.03. The molecule has 0 spiro atoms. The Morgan fingerprint density at radius 1 is 0.926 bits per heavy atom. The molecule has 0 saturated heterocycles. The molecular formula is C38H42F3N5O6S2. The minimum absolute atomic E-state index is 0.0510. The number of alkyl carbamates (subject to hydrolysis) is 1. The van der Waals surface area contributed by atoms with E-state index in [0.717, 1.165) is 17.5 Å². The van der Waals surface area contributed by atoms with Crippen molar-refractivity contribution in [2.45, 2.75) is 62.3 Å². The van der Waals surface area contributed by atoms with Gasteiger partial charge in [-0.1, -0.05) is 81.4 Å². The van der Waals surface area contributed by atoms with Gasteiger partial charge >= 0.3 is 12.3 Å². The molecule has 5 rings (SSSR count). The highest BCUT2D eigenvalue weighted by atomic mass is 32.2. The largest absolute Gasteiger partial charge is 0.453 e. The average molecular weight is 786 g/mol. The number of amides is 2. The van der Waals surface area contributed by atoms with Gasteiger partial charge in [0.25, 0.3) is 0 Å².